The van der Waals surface area contributed by atoms with Crippen LogP contribution in [0.3, 0.4) is 0 Å². The first-order chi connectivity index (χ1) is 17.4. The SMILES string of the molecule is COCC(=O)N1C(C(=O)O)C(c2ccccc2)C(C(=O)c2ccc(OC)cc2)C1c1ccc(C)cc1. The number of ether oxygens (including phenoxy) is 2. The number of aliphatic carboxylic acids is 1. The van der Waals surface area contributed by atoms with Gasteiger partial charge in [-0.3, -0.25) is 9.59 Å². The van der Waals surface area contributed by atoms with Crippen molar-refractivity contribution < 1.29 is 29.0 Å². The van der Waals surface area contributed by atoms with Gasteiger partial charge >= 0.3 is 5.97 Å². The molecule has 1 aliphatic heterocycles. The first-order valence-electron chi connectivity index (χ1n) is 11.7. The number of methoxy groups -OCH3 is 2. The lowest BCUT2D eigenvalue weighted by molar-refractivity contribution is -0.151. The van der Waals surface area contributed by atoms with Crippen molar-refractivity contribution in [3.05, 3.63) is 101 Å². The molecule has 0 radical (unpaired) electrons. The minimum Gasteiger partial charge on any atom is -0.497 e. The van der Waals surface area contributed by atoms with E-state index in [1.807, 2.05) is 61.5 Å². The molecule has 186 valence electrons. The van der Waals surface area contributed by atoms with E-state index in [1.54, 1.807) is 31.4 Å². The molecule has 1 N–H and O–H groups in total. The number of carbonyl (C=O) groups is 3. The zero-order chi connectivity index (χ0) is 25.8. The Morgan fingerprint density at radius 1 is 0.861 bits per heavy atom. The molecule has 7 heteroatoms. The van der Waals surface area contributed by atoms with Crippen LogP contribution < -0.4 is 4.74 Å². The number of carbonyl (C=O) groups excluding carboxylic acids is 2. The molecule has 0 saturated carbocycles. The van der Waals surface area contributed by atoms with Crippen molar-refractivity contribution in [1.82, 2.24) is 4.90 Å². The molecular formula is C29H29NO6. The summed E-state index contributed by atoms with van der Waals surface area (Å²) in [5.74, 6) is -2.91. The van der Waals surface area contributed by atoms with Crippen LogP contribution in [-0.2, 0) is 14.3 Å². The highest BCUT2D eigenvalue weighted by atomic mass is 16.5. The van der Waals surface area contributed by atoms with Gasteiger partial charge < -0.3 is 19.5 Å². The number of Topliss-reactive ketones (excluding diaryl/α,β-unsaturated/α-hetero) is 1. The van der Waals surface area contributed by atoms with Crippen LogP contribution in [0.15, 0.2) is 78.9 Å². The maximum absolute atomic E-state index is 14.2. The molecule has 1 aliphatic rings. The number of carboxylic acid groups (broad SMARTS) is 1. The molecule has 4 unspecified atom stereocenters. The van der Waals surface area contributed by atoms with Crippen molar-refractivity contribution in [2.75, 3.05) is 20.8 Å². The molecule has 1 heterocycles. The van der Waals surface area contributed by atoms with Crippen LogP contribution in [0, 0.1) is 12.8 Å². The van der Waals surface area contributed by atoms with Gasteiger partial charge in [-0.15, -0.1) is 0 Å². The van der Waals surface area contributed by atoms with Crippen LogP contribution in [0.25, 0.3) is 0 Å². The van der Waals surface area contributed by atoms with E-state index in [2.05, 4.69) is 0 Å². The third-order valence-corrected chi connectivity index (χ3v) is 6.76. The number of nitrogens with zero attached hydrogens (tertiary/aromatic N) is 1. The fourth-order valence-electron chi connectivity index (χ4n) is 5.14. The molecule has 3 aromatic rings. The Morgan fingerprint density at radius 3 is 2.06 bits per heavy atom. The van der Waals surface area contributed by atoms with Gasteiger partial charge in [-0.1, -0.05) is 60.2 Å². The van der Waals surface area contributed by atoms with Crippen LogP contribution >= 0.6 is 0 Å². The van der Waals surface area contributed by atoms with Gasteiger partial charge in [0.15, 0.2) is 5.78 Å². The van der Waals surface area contributed by atoms with Crippen molar-refractivity contribution in [2.24, 2.45) is 5.92 Å². The summed E-state index contributed by atoms with van der Waals surface area (Å²) in [6.07, 6.45) is 0. The van der Waals surface area contributed by atoms with E-state index in [0.717, 1.165) is 5.56 Å². The van der Waals surface area contributed by atoms with Crippen LogP contribution in [0.4, 0.5) is 0 Å². The summed E-state index contributed by atoms with van der Waals surface area (Å²) in [7, 11) is 2.93. The van der Waals surface area contributed by atoms with Crippen molar-refractivity contribution in [2.45, 2.75) is 24.9 Å². The second-order valence-corrected chi connectivity index (χ2v) is 8.93. The summed E-state index contributed by atoms with van der Waals surface area (Å²) in [5, 5.41) is 10.4. The molecule has 0 aliphatic carbocycles. The molecule has 1 saturated heterocycles. The second kappa shape index (κ2) is 10.7. The van der Waals surface area contributed by atoms with Gasteiger partial charge in [-0.25, -0.2) is 4.79 Å². The Bertz CT molecular complexity index is 1220. The number of rotatable bonds is 8. The topological polar surface area (TPSA) is 93.1 Å². The van der Waals surface area contributed by atoms with Crippen molar-refractivity contribution in [3.63, 3.8) is 0 Å². The van der Waals surface area contributed by atoms with Crippen LogP contribution in [0.1, 0.15) is 39.0 Å². The zero-order valence-corrected chi connectivity index (χ0v) is 20.5. The van der Waals surface area contributed by atoms with E-state index >= 15 is 0 Å². The second-order valence-electron chi connectivity index (χ2n) is 8.93. The highest BCUT2D eigenvalue weighted by Gasteiger charge is 2.57. The molecule has 36 heavy (non-hydrogen) atoms. The molecule has 3 aromatic carbocycles. The van der Waals surface area contributed by atoms with E-state index in [4.69, 9.17) is 9.47 Å². The van der Waals surface area contributed by atoms with Crippen LogP contribution in [-0.4, -0.2) is 54.5 Å². The lowest BCUT2D eigenvalue weighted by atomic mass is 9.76. The number of hydrogen-bond acceptors (Lipinski definition) is 5. The minimum absolute atomic E-state index is 0.240. The minimum atomic E-state index is -1.26. The molecule has 1 amide bonds. The van der Waals surface area contributed by atoms with Crippen molar-refractivity contribution >= 4 is 17.7 Å². The van der Waals surface area contributed by atoms with Gasteiger partial charge in [0.05, 0.1) is 19.1 Å². The van der Waals surface area contributed by atoms with Crippen LogP contribution in [0.5, 0.6) is 5.75 Å². The lowest BCUT2D eigenvalue weighted by Gasteiger charge is -2.30. The first kappa shape index (κ1) is 25.1. The molecule has 7 nitrogen and oxygen atoms in total. The van der Waals surface area contributed by atoms with E-state index < -0.39 is 35.8 Å². The zero-order valence-electron chi connectivity index (χ0n) is 20.5. The van der Waals surface area contributed by atoms with Crippen molar-refractivity contribution in [3.8, 4) is 5.75 Å². The molecule has 1 fully saturated rings. The number of aryl methyl sites for hydroxylation is 1. The maximum Gasteiger partial charge on any atom is 0.327 e. The number of hydrogen-bond donors (Lipinski definition) is 1. The highest BCUT2D eigenvalue weighted by Crippen LogP contribution is 2.51. The third-order valence-electron chi connectivity index (χ3n) is 6.76. The van der Waals surface area contributed by atoms with E-state index in [1.165, 1.54) is 12.0 Å². The van der Waals surface area contributed by atoms with E-state index in [0.29, 0.717) is 22.4 Å². The third kappa shape index (κ3) is 4.75. The molecule has 4 rings (SSSR count). The Labute approximate surface area is 210 Å². The monoisotopic (exact) mass is 487 g/mol. The number of benzene rings is 3. The van der Waals surface area contributed by atoms with Gasteiger partial charge in [-0.2, -0.15) is 0 Å². The predicted octanol–water partition coefficient (Wildman–Crippen LogP) is 4.27. The number of ketones is 1. The molecule has 4 atom stereocenters. The Balaban J connectivity index is 1.95. The Kier molecular flexibility index (Phi) is 7.50. The summed E-state index contributed by atoms with van der Waals surface area (Å²) in [4.78, 5) is 41.7. The Hall–Kier alpha value is -3.97. The fraction of sp³-hybridized carbons (Fsp3) is 0.276. The molecule has 0 bridgehead atoms. The van der Waals surface area contributed by atoms with Gasteiger partial charge in [0, 0.05) is 18.6 Å². The number of amides is 1. The van der Waals surface area contributed by atoms with Gasteiger partial charge in [0.2, 0.25) is 5.91 Å². The average molecular weight is 488 g/mol. The summed E-state index contributed by atoms with van der Waals surface area (Å²) in [5.41, 5.74) is 2.81. The summed E-state index contributed by atoms with van der Waals surface area (Å²) in [6.45, 7) is 1.65. The summed E-state index contributed by atoms with van der Waals surface area (Å²) < 4.78 is 10.3. The molecular weight excluding hydrogens is 458 g/mol. The normalized spacial score (nSPS) is 21.2. The van der Waals surface area contributed by atoms with Gasteiger partial charge in [0.25, 0.3) is 0 Å². The van der Waals surface area contributed by atoms with E-state index in [-0.39, 0.29) is 12.4 Å². The lowest BCUT2D eigenvalue weighted by Crippen LogP contribution is -2.45. The highest BCUT2D eigenvalue weighted by molar-refractivity contribution is 6.01. The standard InChI is InChI=1S/C29H29NO6/c1-18-9-11-20(12-10-18)26-25(28(32)21-13-15-22(36-3)16-14-21)24(19-7-5-4-6-8-19)27(29(33)34)30(26)23(31)17-35-2/h4-16,24-27H,17H2,1-3H3,(H,33,34). The quantitative estimate of drug-likeness (QED) is 0.477. The molecule has 0 aromatic heterocycles. The average Bonchev–Trinajstić information content (AvgIpc) is 3.26. The number of carboxylic acids is 1. The van der Waals surface area contributed by atoms with Crippen LogP contribution in [0.2, 0.25) is 0 Å². The first-order valence-corrected chi connectivity index (χ1v) is 11.7. The Morgan fingerprint density at radius 2 is 1.50 bits per heavy atom. The largest absolute Gasteiger partial charge is 0.497 e. The predicted molar refractivity (Wildman–Crippen MR) is 134 cm³/mol. The summed E-state index contributed by atoms with van der Waals surface area (Å²) >= 11 is 0. The van der Waals surface area contributed by atoms with E-state index in [9.17, 15) is 19.5 Å². The van der Waals surface area contributed by atoms with Gasteiger partial charge in [-0.05, 0) is 42.3 Å². The fourth-order valence-corrected chi connectivity index (χ4v) is 5.14. The number of likely N-dealkylation sites (tertiary alicyclic amines) is 1. The van der Waals surface area contributed by atoms with Gasteiger partial charge in [0.1, 0.15) is 18.4 Å². The smallest absolute Gasteiger partial charge is 0.327 e. The maximum atomic E-state index is 14.2. The molecule has 0 spiro atoms. The summed E-state index contributed by atoms with van der Waals surface area (Å²) in [6, 6.07) is 21.3. The van der Waals surface area contributed by atoms with Crippen molar-refractivity contribution in [1.29, 1.82) is 0 Å².